The summed E-state index contributed by atoms with van der Waals surface area (Å²) in [6.45, 7) is 4.48. The van der Waals surface area contributed by atoms with E-state index in [1.165, 1.54) is 0 Å². The lowest BCUT2D eigenvalue weighted by Crippen LogP contribution is -2.15. The molecule has 0 radical (unpaired) electrons. The Labute approximate surface area is 170 Å². The van der Waals surface area contributed by atoms with Crippen molar-refractivity contribution in [3.05, 3.63) is 52.5 Å². The second-order valence-electron chi connectivity index (χ2n) is 6.19. The van der Waals surface area contributed by atoms with Gasteiger partial charge in [0, 0.05) is 11.4 Å². The van der Waals surface area contributed by atoms with Gasteiger partial charge in [0.1, 0.15) is 17.2 Å². The molecule has 0 fully saturated rings. The largest absolute Gasteiger partial charge is 0.491 e. The van der Waals surface area contributed by atoms with Crippen LogP contribution in [-0.2, 0) is 9.53 Å². The molecule has 0 heterocycles. The predicted molar refractivity (Wildman–Crippen MR) is 108 cm³/mol. The Morgan fingerprint density at radius 3 is 2.44 bits per heavy atom. The predicted octanol–water partition coefficient (Wildman–Crippen LogP) is 6.68. The van der Waals surface area contributed by atoms with Gasteiger partial charge in [0.2, 0.25) is 0 Å². The minimum Gasteiger partial charge on any atom is -0.491 e. The molecule has 0 N–H and O–H groups in total. The number of ether oxygens (including phenoxy) is 3. The van der Waals surface area contributed by atoms with Gasteiger partial charge in [-0.2, -0.15) is 0 Å². The summed E-state index contributed by atoms with van der Waals surface area (Å²) in [7, 11) is 0. The fourth-order valence-corrected chi connectivity index (χ4v) is 2.73. The maximum atomic E-state index is 11.6. The summed E-state index contributed by atoms with van der Waals surface area (Å²) < 4.78 is 16.7. The fraction of sp³-hybridized carbons (Fsp3) is 0.381. The van der Waals surface area contributed by atoms with Gasteiger partial charge in [-0.05, 0) is 62.2 Å². The van der Waals surface area contributed by atoms with E-state index in [0.29, 0.717) is 46.7 Å². The van der Waals surface area contributed by atoms with E-state index in [4.69, 9.17) is 37.4 Å². The second kappa shape index (κ2) is 11.1. The van der Waals surface area contributed by atoms with Crippen LogP contribution in [0.25, 0.3) is 0 Å². The number of carbonyl (C=O) groups excluding carboxylic acids is 1. The summed E-state index contributed by atoms with van der Waals surface area (Å²) in [6.07, 6.45) is 2.76. The topological polar surface area (TPSA) is 44.8 Å². The normalized spacial score (nSPS) is 11.7. The van der Waals surface area contributed by atoms with Crippen LogP contribution in [0.4, 0.5) is 0 Å². The molecule has 0 spiro atoms. The van der Waals surface area contributed by atoms with E-state index in [-0.39, 0.29) is 12.1 Å². The Balaban J connectivity index is 1.80. The molecular weight excluding hydrogens is 387 g/mol. The average molecular weight is 411 g/mol. The van der Waals surface area contributed by atoms with Gasteiger partial charge >= 0.3 is 5.97 Å². The molecule has 2 aromatic rings. The highest BCUT2D eigenvalue weighted by Gasteiger charge is 2.10. The summed E-state index contributed by atoms with van der Waals surface area (Å²) in [5.41, 5.74) is 0. The van der Waals surface area contributed by atoms with Gasteiger partial charge in [-0.3, -0.25) is 4.79 Å². The van der Waals surface area contributed by atoms with Gasteiger partial charge in [0.05, 0.1) is 17.7 Å². The van der Waals surface area contributed by atoms with E-state index in [0.717, 1.165) is 12.8 Å². The van der Waals surface area contributed by atoms with Gasteiger partial charge < -0.3 is 14.2 Å². The SMILES string of the molecule is CCCCOC(=O)CCC(C)Oc1ccc(Oc2ccc(Cl)cc2Cl)cc1. The minimum absolute atomic E-state index is 0.0961. The molecule has 6 heteroatoms. The number of hydrogen-bond acceptors (Lipinski definition) is 4. The maximum absolute atomic E-state index is 11.6. The van der Waals surface area contributed by atoms with E-state index >= 15 is 0 Å². The number of benzene rings is 2. The molecule has 4 nitrogen and oxygen atoms in total. The van der Waals surface area contributed by atoms with Crippen LogP contribution in [0.15, 0.2) is 42.5 Å². The third-order valence-corrected chi connectivity index (χ3v) is 4.33. The Bertz CT molecular complexity index is 731. The quantitative estimate of drug-likeness (QED) is 0.323. The monoisotopic (exact) mass is 410 g/mol. The highest BCUT2D eigenvalue weighted by molar-refractivity contribution is 6.35. The molecular formula is C21H24Cl2O4. The number of rotatable bonds is 10. The smallest absolute Gasteiger partial charge is 0.305 e. The summed E-state index contributed by atoms with van der Waals surface area (Å²) in [5.74, 6) is 1.70. The summed E-state index contributed by atoms with van der Waals surface area (Å²) >= 11 is 12.0. The number of carbonyl (C=O) groups is 1. The van der Waals surface area contributed by atoms with E-state index < -0.39 is 0 Å². The van der Waals surface area contributed by atoms with Crippen LogP contribution in [-0.4, -0.2) is 18.7 Å². The van der Waals surface area contributed by atoms with Crippen molar-refractivity contribution in [3.63, 3.8) is 0 Å². The lowest BCUT2D eigenvalue weighted by atomic mass is 10.2. The fourth-order valence-electron chi connectivity index (χ4n) is 2.29. The molecule has 146 valence electrons. The van der Waals surface area contributed by atoms with Gasteiger partial charge in [-0.15, -0.1) is 0 Å². The molecule has 0 amide bonds. The van der Waals surface area contributed by atoms with Crippen molar-refractivity contribution in [1.29, 1.82) is 0 Å². The first-order valence-corrected chi connectivity index (χ1v) is 9.78. The van der Waals surface area contributed by atoms with Crippen LogP contribution in [0, 0.1) is 0 Å². The zero-order valence-corrected chi connectivity index (χ0v) is 17.1. The second-order valence-corrected chi connectivity index (χ2v) is 7.03. The molecule has 27 heavy (non-hydrogen) atoms. The first-order valence-electron chi connectivity index (χ1n) is 9.03. The molecule has 2 rings (SSSR count). The van der Waals surface area contributed by atoms with E-state index in [2.05, 4.69) is 6.92 Å². The lowest BCUT2D eigenvalue weighted by molar-refractivity contribution is -0.144. The highest BCUT2D eigenvalue weighted by Crippen LogP contribution is 2.32. The summed E-state index contributed by atoms with van der Waals surface area (Å²) in [5, 5.41) is 1.00. The Hall–Kier alpha value is -1.91. The van der Waals surface area contributed by atoms with E-state index in [1.54, 1.807) is 30.3 Å². The van der Waals surface area contributed by atoms with Gasteiger partial charge in [-0.1, -0.05) is 36.5 Å². The van der Waals surface area contributed by atoms with Crippen LogP contribution < -0.4 is 9.47 Å². The minimum atomic E-state index is -0.178. The molecule has 0 aromatic heterocycles. The third kappa shape index (κ3) is 7.69. The molecule has 1 atom stereocenters. The summed E-state index contributed by atoms with van der Waals surface area (Å²) in [6, 6.07) is 12.3. The molecule has 2 aromatic carbocycles. The Kier molecular flexibility index (Phi) is 8.76. The van der Waals surface area contributed by atoms with E-state index in [1.807, 2.05) is 19.1 Å². The Morgan fingerprint density at radius 2 is 1.78 bits per heavy atom. The molecule has 0 aliphatic carbocycles. The number of halogens is 2. The molecule has 0 saturated heterocycles. The first kappa shape index (κ1) is 21.4. The maximum Gasteiger partial charge on any atom is 0.305 e. The average Bonchev–Trinajstić information content (AvgIpc) is 2.64. The van der Waals surface area contributed by atoms with Crippen LogP contribution in [0.3, 0.4) is 0 Å². The van der Waals surface area contributed by atoms with Crippen molar-refractivity contribution in [2.75, 3.05) is 6.61 Å². The lowest BCUT2D eigenvalue weighted by Gasteiger charge is -2.15. The number of hydrogen-bond donors (Lipinski definition) is 0. The molecule has 0 saturated carbocycles. The third-order valence-electron chi connectivity index (χ3n) is 3.80. The van der Waals surface area contributed by atoms with Crippen molar-refractivity contribution in [2.24, 2.45) is 0 Å². The van der Waals surface area contributed by atoms with Crippen LogP contribution in [0.2, 0.25) is 10.0 Å². The summed E-state index contributed by atoms with van der Waals surface area (Å²) in [4.78, 5) is 11.6. The standard InChI is InChI=1S/C21H24Cl2O4/c1-3-4-13-25-21(24)12-5-15(2)26-17-7-9-18(10-8-17)27-20-11-6-16(22)14-19(20)23/h6-11,14-15H,3-5,12-13H2,1-2H3. The van der Waals surface area contributed by atoms with Crippen LogP contribution in [0.5, 0.6) is 17.2 Å². The van der Waals surface area contributed by atoms with Crippen molar-refractivity contribution < 1.29 is 19.0 Å². The molecule has 0 bridgehead atoms. The van der Waals surface area contributed by atoms with Crippen LogP contribution in [0.1, 0.15) is 39.5 Å². The Morgan fingerprint density at radius 1 is 1.07 bits per heavy atom. The zero-order valence-electron chi connectivity index (χ0n) is 15.5. The van der Waals surface area contributed by atoms with Crippen molar-refractivity contribution >= 4 is 29.2 Å². The molecule has 0 aliphatic rings. The molecule has 1 unspecified atom stereocenters. The van der Waals surface area contributed by atoms with Crippen molar-refractivity contribution in [1.82, 2.24) is 0 Å². The number of unbranched alkanes of at least 4 members (excludes halogenated alkanes) is 1. The highest BCUT2D eigenvalue weighted by atomic mass is 35.5. The molecule has 0 aliphatic heterocycles. The van der Waals surface area contributed by atoms with Gasteiger partial charge in [0.25, 0.3) is 0 Å². The zero-order chi connectivity index (χ0) is 19.6. The van der Waals surface area contributed by atoms with Crippen molar-refractivity contribution in [3.8, 4) is 17.2 Å². The van der Waals surface area contributed by atoms with Crippen molar-refractivity contribution in [2.45, 2.75) is 45.6 Å². The van der Waals surface area contributed by atoms with E-state index in [9.17, 15) is 4.79 Å². The van der Waals surface area contributed by atoms with Gasteiger partial charge in [0.15, 0.2) is 0 Å². The first-order chi connectivity index (χ1) is 13.0. The van der Waals surface area contributed by atoms with Gasteiger partial charge in [-0.25, -0.2) is 0 Å². The number of esters is 1. The van der Waals surface area contributed by atoms with Crippen LogP contribution >= 0.6 is 23.2 Å².